The molecule has 1 N–H and O–H groups in total. The van der Waals surface area contributed by atoms with Crippen LogP contribution >= 0.6 is 23.2 Å². The number of benzene rings is 1. The second-order valence-corrected chi connectivity index (χ2v) is 5.02. The molecule has 1 fully saturated rings. The molecule has 1 unspecified atom stereocenters. The van der Waals surface area contributed by atoms with Crippen molar-refractivity contribution < 1.29 is 9.90 Å². The number of aliphatic hydroxyl groups excluding tert-OH is 1. The Balaban J connectivity index is 2.21. The number of piperidine rings is 1. The molecule has 3 nitrogen and oxygen atoms in total. The van der Waals surface area contributed by atoms with E-state index in [9.17, 15) is 9.90 Å². The van der Waals surface area contributed by atoms with Gasteiger partial charge in [0, 0.05) is 18.1 Å². The molecule has 1 aromatic rings. The number of nitrogens with zero attached hydrogens (tertiary/aromatic N) is 1. The first-order valence-corrected chi connectivity index (χ1v) is 6.26. The molecule has 0 saturated carbocycles. The van der Waals surface area contributed by atoms with Gasteiger partial charge in [0.1, 0.15) is 0 Å². The molecule has 1 atom stereocenters. The lowest BCUT2D eigenvalue weighted by Gasteiger charge is -2.30. The summed E-state index contributed by atoms with van der Waals surface area (Å²) in [6.07, 6.45) is 1.11. The number of halogens is 2. The van der Waals surface area contributed by atoms with Crippen LogP contribution in [0.15, 0.2) is 18.2 Å². The molecule has 0 spiro atoms. The van der Waals surface area contributed by atoms with Crippen molar-refractivity contribution in [3.05, 3.63) is 33.8 Å². The summed E-state index contributed by atoms with van der Waals surface area (Å²) < 4.78 is 0. The smallest absolute Gasteiger partial charge is 0.255 e. The number of carbonyl (C=O) groups excluding carboxylic acids is 1. The van der Waals surface area contributed by atoms with Crippen molar-refractivity contribution in [3.8, 4) is 0 Å². The molecule has 1 aromatic carbocycles. The van der Waals surface area contributed by atoms with Crippen LogP contribution in [0.25, 0.3) is 0 Å². The third-order valence-corrected chi connectivity index (χ3v) is 3.41. The fraction of sp³-hybridized carbons (Fsp3) is 0.417. The molecule has 1 aliphatic rings. The lowest BCUT2D eigenvalue weighted by molar-refractivity contribution is 0.0474. The van der Waals surface area contributed by atoms with Gasteiger partial charge in [0.25, 0.3) is 5.91 Å². The average Bonchev–Trinajstić information content (AvgIpc) is 2.31. The zero-order valence-corrected chi connectivity index (χ0v) is 10.7. The molecule has 0 radical (unpaired) electrons. The Hall–Kier alpha value is -0.770. The van der Waals surface area contributed by atoms with Crippen LogP contribution in [0.3, 0.4) is 0 Å². The number of β-amino-alcohol motifs (C(OH)–C–C–N with tert-alkyl or cyclic N) is 1. The van der Waals surface area contributed by atoms with Crippen LogP contribution in [0, 0.1) is 0 Å². The van der Waals surface area contributed by atoms with Crippen LogP contribution in [-0.4, -0.2) is 35.1 Å². The number of carbonyl (C=O) groups is 1. The second kappa shape index (κ2) is 5.25. The lowest BCUT2D eigenvalue weighted by atomic mass is 10.1. The summed E-state index contributed by atoms with van der Waals surface area (Å²) in [6.45, 7) is 1.01. The van der Waals surface area contributed by atoms with Crippen LogP contribution < -0.4 is 0 Å². The summed E-state index contributed by atoms with van der Waals surface area (Å²) >= 11 is 11.8. The van der Waals surface area contributed by atoms with Gasteiger partial charge < -0.3 is 10.0 Å². The molecule has 0 aliphatic carbocycles. The van der Waals surface area contributed by atoms with E-state index in [1.54, 1.807) is 23.1 Å². The number of hydrogen-bond donors (Lipinski definition) is 1. The zero-order chi connectivity index (χ0) is 12.4. The maximum atomic E-state index is 12.2. The van der Waals surface area contributed by atoms with E-state index in [4.69, 9.17) is 23.2 Å². The Morgan fingerprint density at radius 1 is 1.41 bits per heavy atom. The number of rotatable bonds is 1. The minimum atomic E-state index is -0.439. The molecule has 0 bridgehead atoms. The van der Waals surface area contributed by atoms with E-state index in [2.05, 4.69) is 0 Å². The minimum absolute atomic E-state index is 0.170. The third kappa shape index (κ3) is 2.92. The highest BCUT2D eigenvalue weighted by molar-refractivity contribution is 6.35. The Labute approximate surface area is 110 Å². The van der Waals surface area contributed by atoms with E-state index in [0.29, 0.717) is 28.7 Å². The summed E-state index contributed by atoms with van der Waals surface area (Å²) in [5.74, 6) is -0.170. The van der Waals surface area contributed by atoms with Gasteiger partial charge >= 0.3 is 0 Å². The van der Waals surface area contributed by atoms with Gasteiger partial charge in [-0.15, -0.1) is 0 Å². The number of aliphatic hydroxyl groups is 1. The number of amides is 1. The second-order valence-electron chi connectivity index (χ2n) is 4.17. The van der Waals surface area contributed by atoms with Crippen molar-refractivity contribution in [2.75, 3.05) is 13.1 Å². The predicted molar refractivity (Wildman–Crippen MR) is 67.6 cm³/mol. The summed E-state index contributed by atoms with van der Waals surface area (Å²) in [5.41, 5.74) is 0.397. The number of hydrogen-bond acceptors (Lipinski definition) is 2. The Bertz CT molecular complexity index is 437. The number of likely N-dealkylation sites (tertiary alicyclic amines) is 1. The first-order valence-electron chi connectivity index (χ1n) is 5.50. The average molecular weight is 274 g/mol. The topological polar surface area (TPSA) is 40.5 Å². The fourth-order valence-electron chi connectivity index (χ4n) is 1.97. The van der Waals surface area contributed by atoms with Gasteiger partial charge in [0.2, 0.25) is 0 Å². The van der Waals surface area contributed by atoms with Gasteiger partial charge in [-0.05, 0) is 31.0 Å². The largest absolute Gasteiger partial charge is 0.391 e. The predicted octanol–water partition coefficient (Wildman–Crippen LogP) is 2.59. The normalized spacial score (nSPS) is 20.4. The molecule has 5 heteroatoms. The molecule has 17 heavy (non-hydrogen) atoms. The van der Waals surface area contributed by atoms with Crippen molar-refractivity contribution in [2.45, 2.75) is 18.9 Å². The molecular formula is C12H13Cl2NO2. The molecule has 1 saturated heterocycles. The molecular weight excluding hydrogens is 261 g/mol. The van der Waals surface area contributed by atoms with Gasteiger partial charge in [-0.3, -0.25) is 4.79 Å². The third-order valence-electron chi connectivity index (χ3n) is 2.84. The molecule has 1 heterocycles. The van der Waals surface area contributed by atoms with Gasteiger partial charge in [-0.1, -0.05) is 23.2 Å². The standard InChI is InChI=1S/C12H13Cl2NO2/c13-8-3-4-11(14)10(6-8)12(17)15-5-1-2-9(16)7-15/h3-4,6,9,16H,1-2,5,7H2. The van der Waals surface area contributed by atoms with E-state index in [-0.39, 0.29) is 5.91 Å². The van der Waals surface area contributed by atoms with Crippen LogP contribution in [0.4, 0.5) is 0 Å². The zero-order valence-electron chi connectivity index (χ0n) is 9.20. The molecule has 1 aliphatic heterocycles. The highest BCUT2D eigenvalue weighted by Crippen LogP contribution is 2.23. The first-order chi connectivity index (χ1) is 8.08. The molecule has 0 aromatic heterocycles. The van der Waals surface area contributed by atoms with E-state index in [0.717, 1.165) is 12.8 Å². The summed E-state index contributed by atoms with van der Waals surface area (Å²) in [7, 11) is 0. The lowest BCUT2D eigenvalue weighted by Crippen LogP contribution is -2.42. The van der Waals surface area contributed by atoms with Crippen LogP contribution in [0.5, 0.6) is 0 Å². The van der Waals surface area contributed by atoms with Crippen LogP contribution in [-0.2, 0) is 0 Å². The van der Waals surface area contributed by atoms with E-state index >= 15 is 0 Å². The maximum absolute atomic E-state index is 12.2. The van der Waals surface area contributed by atoms with Crippen molar-refractivity contribution in [1.82, 2.24) is 4.90 Å². The van der Waals surface area contributed by atoms with Gasteiger partial charge in [0.15, 0.2) is 0 Å². The molecule has 2 rings (SSSR count). The summed E-state index contributed by atoms with van der Waals surface area (Å²) in [6, 6.07) is 4.82. The van der Waals surface area contributed by atoms with Gasteiger partial charge in [-0.25, -0.2) is 0 Å². The first kappa shape index (κ1) is 12.7. The minimum Gasteiger partial charge on any atom is -0.391 e. The van der Waals surface area contributed by atoms with Crippen LogP contribution in [0.1, 0.15) is 23.2 Å². The highest BCUT2D eigenvalue weighted by Gasteiger charge is 2.24. The van der Waals surface area contributed by atoms with E-state index in [1.165, 1.54) is 0 Å². The van der Waals surface area contributed by atoms with Crippen molar-refractivity contribution >= 4 is 29.1 Å². The monoisotopic (exact) mass is 273 g/mol. The fourth-order valence-corrected chi connectivity index (χ4v) is 2.34. The molecule has 1 amide bonds. The summed E-state index contributed by atoms with van der Waals surface area (Å²) in [4.78, 5) is 13.8. The Kier molecular flexibility index (Phi) is 3.92. The Morgan fingerprint density at radius 3 is 2.88 bits per heavy atom. The maximum Gasteiger partial charge on any atom is 0.255 e. The van der Waals surface area contributed by atoms with Crippen molar-refractivity contribution in [2.24, 2.45) is 0 Å². The van der Waals surface area contributed by atoms with Gasteiger partial charge in [-0.2, -0.15) is 0 Å². The highest BCUT2D eigenvalue weighted by atomic mass is 35.5. The Morgan fingerprint density at radius 2 is 2.18 bits per heavy atom. The van der Waals surface area contributed by atoms with E-state index < -0.39 is 6.10 Å². The van der Waals surface area contributed by atoms with Gasteiger partial charge in [0.05, 0.1) is 16.7 Å². The van der Waals surface area contributed by atoms with Crippen molar-refractivity contribution in [3.63, 3.8) is 0 Å². The van der Waals surface area contributed by atoms with Crippen molar-refractivity contribution in [1.29, 1.82) is 0 Å². The quantitative estimate of drug-likeness (QED) is 0.855. The summed E-state index contributed by atoms with van der Waals surface area (Å²) in [5, 5.41) is 10.4. The van der Waals surface area contributed by atoms with Crippen LogP contribution in [0.2, 0.25) is 10.0 Å². The SMILES string of the molecule is O=C(c1cc(Cl)ccc1Cl)N1CCCC(O)C1. The molecule has 92 valence electrons. The van der Waals surface area contributed by atoms with E-state index in [1.807, 2.05) is 0 Å².